The maximum absolute atomic E-state index is 14.2. The molecule has 0 saturated carbocycles. The molecule has 0 atom stereocenters. The van der Waals surface area contributed by atoms with E-state index in [-0.39, 0.29) is 5.82 Å². The summed E-state index contributed by atoms with van der Waals surface area (Å²) in [6.07, 6.45) is 1.98. The molecule has 0 amide bonds. The molecule has 1 heterocycles. The Morgan fingerprint density at radius 2 is 1.73 bits per heavy atom. The van der Waals surface area contributed by atoms with E-state index in [0.29, 0.717) is 30.2 Å². The van der Waals surface area contributed by atoms with Crippen molar-refractivity contribution in [3.63, 3.8) is 0 Å². The van der Waals surface area contributed by atoms with Gasteiger partial charge in [0.2, 0.25) is 0 Å². The molecule has 120 valence electrons. The van der Waals surface area contributed by atoms with Crippen LogP contribution >= 0.6 is 0 Å². The number of aryl methyl sites for hydroxylation is 2. The van der Waals surface area contributed by atoms with E-state index >= 15 is 0 Å². The van der Waals surface area contributed by atoms with Crippen LogP contribution in [0, 0.1) is 12.7 Å². The van der Waals surface area contributed by atoms with E-state index in [1.165, 1.54) is 13.2 Å². The van der Waals surface area contributed by atoms with Gasteiger partial charge >= 0.3 is 0 Å². The largest absolute Gasteiger partial charge is 0.493 e. The highest BCUT2D eigenvalue weighted by molar-refractivity contribution is 5.43. The maximum atomic E-state index is 14.2. The van der Waals surface area contributed by atoms with Crippen LogP contribution in [0.2, 0.25) is 0 Å². The van der Waals surface area contributed by atoms with Crippen molar-refractivity contribution in [3.8, 4) is 11.5 Å². The Morgan fingerprint density at radius 1 is 1.14 bits per heavy atom. The minimum Gasteiger partial charge on any atom is -0.493 e. The fourth-order valence-electron chi connectivity index (χ4n) is 2.46. The molecule has 1 aromatic carbocycles. The molecule has 5 nitrogen and oxygen atoms in total. The van der Waals surface area contributed by atoms with Gasteiger partial charge in [-0.2, -0.15) is 5.10 Å². The summed E-state index contributed by atoms with van der Waals surface area (Å²) in [6, 6.07) is 3.04. The normalized spacial score (nSPS) is 11.0. The van der Waals surface area contributed by atoms with Gasteiger partial charge in [0.25, 0.3) is 0 Å². The molecule has 6 heteroatoms. The number of hydrogen-bond acceptors (Lipinski definition) is 4. The first-order chi connectivity index (χ1) is 10.4. The highest BCUT2D eigenvalue weighted by Crippen LogP contribution is 2.30. The summed E-state index contributed by atoms with van der Waals surface area (Å²) < 4.78 is 26.3. The zero-order valence-electron chi connectivity index (χ0n) is 13.7. The Kier molecular flexibility index (Phi) is 5.03. The molecule has 0 aliphatic heterocycles. The molecule has 0 N–H and O–H groups in total. The number of nitrogens with zero attached hydrogens (tertiary/aromatic N) is 3. The number of ether oxygens (including phenoxy) is 2. The third-order valence-electron chi connectivity index (χ3n) is 3.55. The van der Waals surface area contributed by atoms with Crippen LogP contribution in [0.4, 0.5) is 4.39 Å². The lowest BCUT2D eigenvalue weighted by atomic mass is 10.1. The van der Waals surface area contributed by atoms with Crippen LogP contribution in [-0.2, 0) is 20.1 Å². The van der Waals surface area contributed by atoms with Crippen LogP contribution in [0.3, 0.4) is 0 Å². The Balaban J connectivity index is 2.14. The van der Waals surface area contributed by atoms with Crippen molar-refractivity contribution in [2.24, 2.45) is 7.05 Å². The van der Waals surface area contributed by atoms with Gasteiger partial charge in [0.1, 0.15) is 5.82 Å². The van der Waals surface area contributed by atoms with Crippen molar-refractivity contribution in [2.75, 3.05) is 21.3 Å². The molecule has 0 aliphatic rings. The van der Waals surface area contributed by atoms with Crippen molar-refractivity contribution in [1.82, 2.24) is 14.7 Å². The summed E-state index contributed by atoms with van der Waals surface area (Å²) in [5.41, 5.74) is 2.69. The summed E-state index contributed by atoms with van der Waals surface area (Å²) in [6.45, 7) is 3.15. The third kappa shape index (κ3) is 3.57. The monoisotopic (exact) mass is 307 g/mol. The highest BCUT2D eigenvalue weighted by atomic mass is 19.1. The first kappa shape index (κ1) is 16.3. The average molecular weight is 307 g/mol. The number of benzene rings is 1. The van der Waals surface area contributed by atoms with Crippen LogP contribution in [0.25, 0.3) is 0 Å². The van der Waals surface area contributed by atoms with Crippen molar-refractivity contribution >= 4 is 0 Å². The van der Waals surface area contributed by atoms with Gasteiger partial charge in [-0.1, -0.05) is 0 Å². The van der Waals surface area contributed by atoms with Crippen molar-refractivity contribution in [3.05, 3.63) is 41.0 Å². The van der Waals surface area contributed by atoms with Gasteiger partial charge in [-0.25, -0.2) is 4.39 Å². The first-order valence-electron chi connectivity index (χ1n) is 7.02. The average Bonchev–Trinajstić information content (AvgIpc) is 2.78. The van der Waals surface area contributed by atoms with Gasteiger partial charge in [-0.3, -0.25) is 9.58 Å². The number of hydrogen-bond donors (Lipinski definition) is 0. The molecule has 0 aliphatic carbocycles. The quantitative estimate of drug-likeness (QED) is 0.822. The Hall–Kier alpha value is -2.08. The zero-order valence-corrected chi connectivity index (χ0v) is 13.7. The number of rotatable bonds is 6. The summed E-state index contributed by atoms with van der Waals surface area (Å²) in [5, 5.41) is 4.32. The second kappa shape index (κ2) is 6.79. The van der Waals surface area contributed by atoms with E-state index in [4.69, 9.17) is 9.47 Å². The van der Waals surface area contributed by atoms with E-state index in [0.717, 1.165) is 11.3 Å². The molecule has 2 rings (SSSR count). The summed E-state index contributed by atoms with van der Waals surface area (Å²) >= 11 is 0. The van der Waals surface area contributed by atoms with Gasteiger partial charge < -0.3 is 9.47 Å². The van der Waals surface area contributed by atoms with E-state index in [1.54, 1.807) is 17.9 Å². The van der Waals surface area contributed by atoms with E-state index < -0.39 is 0 Å². The summed E-state index contributed by atoms with van der Waals surface area (Å²) in [5.74, 6) is 0.631. The van der Waals surface area contributed by atoms with Crippen LogP contribution in [-0.4, -0.2) is 35.9 Å². The molecule has 0 spiro atoms. The minimum atomic E-state index is -0.299. The standard InChI is InChI=1S/C16H22FN3O2/c1-11-13(10-20(3)18-11)9-19(2)8-12-6-15(21-4)16(22-5)7-14(12)17/h6-7,10H,8-9H2,1-5H3. The molecule has 0 bridgehead atoms. The highest BCUT2D eigenvalue weighted by Gasteiger charge is 2.14. The predicted molar refractivity (Wildman–Crippen MR) is 82.6 cm³/mol. The molecule has 1 aromatic heterocycles. The molecule has 0 fully saturated rings. The predicted octanol–water partition coefficient (Wildman–Crippen LogP) is 2.52. The van der Waals surface area contributed by atoms with Gasteiger partial charge in [-0.15, -0.1) is 0 Å². The second-order valence-electron chi connectivity index (χ2n) is 5.38. The molecule has 0 radical (unpaired) electrons. The van der Waals surface area contributed by atoms with Gasteiger partial charge in [0, 0.05) is 43.5 Å². The van der Waals surface area contributed by atoms with E-state index in [2.05, 4.69) is 5.10 Å². The summed E-state index contributed by atoms with van der Waals surface area (Å²) in [7, 11) is 6.88. The van der Waals surface area contributed by atoms with Gasteiger partial charge in [-0.05, 0) is 20.0 Å². The fraction of sp³-hybridized carbons (Fsp3) is 0.438. The van der Waals surface area contributed by atoms with Crippen molar-refractivity contribution < 1.29 is 13.9 Å². The Labute approximate surface area is 130 Å². The van der Waals surface area contributed by atoms with E-state index in [9.17, 15) is 4.39 Å². The van der Waals surface area contributed by atoms with Crippen molar-refractivity contribution in [1.29, 1.82) is 0 Å². The van der Waals surface area contributed by atoms with Gasteiger partial charge in [0.15, 0.2) is 11.5 Å². The smallest absolute Gasteiger partial charge is 0.163 e. The first-order valence-corrected chi connectivity index (χ1v) is 7.02. The molecule has 22 heavy (non-hydrogen) atoms. The second-order valence-corrected chi connectivity index (χ2v) is 5.38. The molecule has 2 aromatic rings. The fourth-order valence-corrected chi connectivity index (χ4v) is 2.46. The van der Waals surface area contributed by atoms with Crippen LogP contribution in [0.1, 0.15) is 16.8 Å². The number of aromatic nitrogens is 2. The minimum absolute atomic E-state index is 0.299. The Morgan fingerprint density at radius 3 is 2.27 bits per heavy atom. The molecule has 0 unspecified atom stereocenters. The Bertz CT molecular complexity index is 655. The molecular formula is C16H22FN3O2. The molecular weight excluding hydrogens is 285 g/mol. The van der Waals surface area contributed by atoms with Crippen LogP contribution in [0.5, 0.6) is 11.5 Å². The third-order valence-corrected chi connectivity index (χ3v) is 3.55. The van der Waals surface area contributed by atoms with Crippen LogP contribution < -0.4 is 9.47 Å². The SMILES string of the molecule is COc1cc(F)c(CN(C)Cc2cn(C)nc2C)cc1OC. The molecule has 0 saturated heterocycles. The van der Waals surface area contributed by atoms with E-state index in [1.807, 2.05) is 32.1 Å². The maximum Gasteiger partial charge on any atom is 0.163 e. The topological polar surface area (TPSA) is 39.5 Å². The van der Waals surface area contributed by atoms with Gasteiger partial charge in [0.05, 0.1) is 19.9 Å². The number of methoxy groups -OCH3 is 2. The summed E-state index contributed by atoms with van der Waals surface area (Å²) in [4.78, 5) is 2.04. The lowest BCUT2D eigenvalue weighted by Gasteiger charge is -2.18. The number of halogens is 1. The lowest BCUT2D eigenvalue weighted by Crippen LogP contribution is -2.18. The van der Waals surface area contributed by atoms with Crippen LogP contribution in [0.15, 0.2) is 18.3 Å². The zero-order chi connectivity index (χ0) is 16.3. The lowest BCUT2D eigenvalue weighted by molar-refractivity contribution is 0.309. The van der Waals surface area contributed by atoms with Crippen molar-refractivity contribution in [2.45, 2.75) is 20.0 Å².